The third kappa shape index (κ3) is 3.17. The van der Waals surface area contributed by atoms with Gasteiger partial charge in [0, 0.05) is 11.4 Å². The summed E-state index contributed by atoms with van der Waals surface area (Å²) in [6, 6.07) is 11.2. The van der Waals surface area contributed by atoms with Crippen molar-refractivity contribution >= 4 is 39.6 Å². The molecule has 0 spiro atoms. The highest BCUT2D eigenvalue weighted by molar-refractivity contribution is 7.12. The van der Waals surface area contributed by atoms with Gasteiger partial charge in [-0.1, -0.05) is 31.0 Å². The van der Waals surface area contributed by atoms with Gasteiger partial charge in [0.1, 0.15) is 5.58 Å². The average molecular weight is 354 g/mol. The van der Waals surface area contributed by atoms with Gasteiger partial charge in [-0.15, -0.1) is 11.3 Å². The van der Waals surface area contributed by atoms with Crippen LogP contribution in [0.4, 0.5) is 11.4 Å². The Morgan fingerprint density at radius 3 is 2.64 bits per heavy atom. The number of benzene rings is 1. The summed E-state index contributed by atoms with van der Waals surface area (Å²) >= 11 is 1.33. The fourth-order valence-corrected chi connectivity index (χ4v) is 3.89. The summed E-state index contributed by atoms with van der Waals surface area (Å²) < 4.78 is 5.41. The molecule has 1 fully saturated rings. The minimum Gasteiger partial charge on any atom is -0.421 e. The molecule has 1 aliphatic carbocycles. The quantitative estimate of drug-likeness (QED) is 0.679. The van der Waals surface area contributed by atoms with Crippen molar-refractivity contribution in [2.75, 3.05) is 10.6 Å². The molecule has 25 heavy (non-hydrogen) atoms. The van der Waals surface area contributed by atoms with Crippen molar-refractivity contribution in [3.05, 3.63) is 57.1 Å². The van der Waals surface area contributed by atoms with Crippen molar-refractivity contribution in [1.82, 2.24) is 0 Å². The molecule has 0 atom stereocenters. The maximum absolute atomic E-state index is 12.5. The highest BCUT2D eigenvalue weighted by Gasteiger charge is 2.22. The van der Waals surface area contributed by atoms with Gasteiger partial charge in [-0.05, 0) is 36.4 Å². The zero-order valence-corrected chi connectivity index (χ0v) is 14.4. The van der Waals surface area contributed by atoms with E-state index in [2.05, 4.69) is 10.6 Å². The normalized spacial score (nSPS) is 14.7. The van der Waals surface area contributed by atoms with Crippen LogP contribution in [-0.4, -0.2) is 11.9 Å². The number of thiophene rings is 1. The molecule has 1 amide bonds. The van der Waals surface area contributed by atoms with Crippen LogP contribution in [0.25, 0.3) is 11.0 Å². The Balaban J connectivity index is 1.79. The molecule has 1 saturated carbocycles. The van der Waals surface area contributed by atoms with Crippen LogP contribution in [0.5, 0.6) is 0 Å². The Bertz CT molecular complexity index is 956. The van der Waals surface area contributed by atoms with Crippen molar-refractivity contribution in [3.63, 3.8) is 0 Å². The van der Waals surface area contributed by atoms with Gasteiger partial charge in [0.05, 0.1) is 10.6 Å². The van der Waals surface area contributed by atoms with E-state index in [4.69, 9.17) is 4.42 Å². The number of nitrogens with one attached hydrogen (secondary N) is 2. The lowest BCUT2D eigenvalue weighted by Crippen LogP contribution is -2.22. The fraction of sp³-hybridized carbons (Fsp3) is 0.263. The van der Waals surface area contributed by atoms with Gasteiger partial charge >= 0.3 is 5.63 Å². The van der Waals surface area contributed by atoms with Gasteiger partial charge in [-0.25, -0.2) is 4.79 Å². The van der Waals surface area contributed by atoms with E-state index in [1.807, 2.05) is 23.6 Å². The first kappa shape index (κ1) is 15.9. The topological polar surface area (TPSA) is 71.3 Å². The van der Waals surface area contributed by atoms with Crippen molar-refractivity contribution in [3.8, 4) is 0 Å². The maximum atomic E-state index is 12.5. The first-order chi connectivity index (χ1) is 12.2. The van der Waals surface area contributed by atoms with Crippen molar-refractivity contribution in [1.29, 1.82) is 0 Å². The van der Waals surface area contributed by atoms with Crippen LogP contribution in [0.15, 0.2) is 51.0 Å². The summed E-state index contributed by atoms with van der Waals surface area (Å²) in [6.45, 7) is 0. The Labute approximate surface area is 148 Å². The number of carbonyl (C=O) groups excluding carboxylic acids is 1. The first-order valence-electron chi connectivity index (χ1n) is 8.39. The average Bonchev–Trinajstić information content (AvgIpc) is 3.31. The summed E-state index contributed by atoms with van der Waals surface area (Å²) in [6.07, 6.45) is 4.47. The molecule has 0 saturated heterocycles. The molecule has 2 aromatic heterocycles. The number of hydrogen-bond acceptors (Lipinski definition) is 5. The van der Waals surface area contributed by atoms with Gasteiger partial charge in [-0.3, -0.25) is 4.79 Å². The summed E-state index contributed by atoms with van der Waals surface area (Å²) in [5.74, 6) is -0.299. The predicted molar refractivity (Wildman–Crippen MR) is 101 cm³/mol. The molecule has 3 aromatic rings. The zero-order chi connectivity index (χ0) is 17.2. The van der Waals surface area contributed by atoms with Crippen LogP contribution in [0, 0.1) is 0 Å². The van der Waals surface area contributed by atoms with Crippen LogP contribution in [0.1, 0.15) is 35.4 Å². The third-order valence-corrected chi connectivity index (χ3v) is 5.37. The van der Waals surface area contributed by atoms with E-state index >= 15 is 0 Å². The molecule has 0 aliphatic heterocycles. The SMILES string of the molecule is O=C(Nc1c(NC2CCCC2)c2ccccc2oc1=O)c1cccs1. The molecular weight excluding hydrogens is 336 g/mol. The van der Waals surface area contributed by atoms with E-state index < -0.39 is 5.63 Å². The van der Waals surface area contributed by atoms with Crippen molar-refractivity contribution < 1.29 is 9.21 Å². The molecule has 6 heteroatoms. The second-order valence-corrected chi connectivity index (χ2v) is 7.14. The summed E-state index contributed by atoms with van der Waals surface area (Å²) in [7, 11) is 0. The number of fused-ring (bicyclic) bond motifs is 1. The van der Waals surface area contributed by atoms with E-state index in [-0.39, 0.29) is 11.6 Å². The molecular formula is C19H18N2O3S. The largest absolute Gasteiger partial charge is 0.421 e. The number of anilines is 2. The summed E-state index contributed by atoms with van der Waals surface area (Å²) in [5.41, 5.74) is 0.818. The second kappa shape index (κ2) is 6.72. The Morgan fingerprint density at radius 2 is 1.88 bits per heavy atom. The van der Waals surface area contributed by atoms with Gasteiger partial charge in [0.25, 0.3) is 5.91 Å². The van der Waals surface area contributed by atoms with E-state index in [0.717, 1.165) is 18.2 Å². The number of rotatable bonds is 4. The Morgan fingerprint density at radius 1 is 1.08 bits per heavy atom. The molecule has 2 heterocycles. The Kier molecular flexibility index (Phi) is 4.28. The predicted octanol–water partition coefficient (Wildman–Crippen LogP) is 4.46. The molecule has 2 N–H and O–H groups in total. The lowest BCUT2D eigenvalue weighted by Gasteiger charge is -2.18. The van der Waals surface area contributed by atoms with E-state index in [0.29, 0.717) is 22.2 Å². The molecule has 128 valence electrons. The van der Waals surface area contributed by atoms with Crippen molar-refractivity contribution in [2.45, 2.75) is 31.7 Å². The summed E-state index contributed by atoms with van der Waals surface area (Å²) in [4.78, 5) is 25.5. The van der Waals surface area contributed by atoms with Gasteiger partial charge < -0.3 is 15.1 Å². The molecule has 0 bridgehead atoms. The minimum atomic E-state index is -0.538. The Hall–Kier alpha value is -2.60. The minimum absolute atomic E-state index is 0.184. The van der Waals surface area contributed by atoms with Crippen LogP contribution < -0.4 is 16.3 Å². The van der Waals surface area contributed by atoms with Gasteiger partial charge in [0.15, 0.2) is 5.69 Å². The summed E-state index contributed by atoms with van der Waals surface area (Å²) in [5, 5.41) is 8.85. The lowest BCUT2D eigenvalue weighted by molar-refractivity contribution is 0.103. The first-order valence-corrected chi connectivity index (χ1v) is 9.27. The van der Waals surface area contributed by atoms with Crippen LogP contribution in [0.3, 0.4) is 0 Å². The monoisotopic (exact) mass is 354 g/mol. The molecule has 0 unspecified atom stereocenters. The van der Waals surface area contributed by atoms with Crippen molar-refractivity contribution in [2.24, 2.45) is 0 Å². The maximum Gasteiger partial charge on any atom is 0.362 e. The number of carbonyl (C=O) groups is 1. The third-order valence-electron chi connectivity index (χ3n) is 4.50. The molecule has 4 rings (SSSR count). The zero-order valence-electron chi connectivity index (χ0n) is 13.6. The van der Waals surface area contributed by atoms with E-state index in [1.165, 1.54) is 24.2 Å². The lowest BCUT2D eigenvalue weighted by atomic mass is 10.1. The second-order valence-electron chi connectivity index (χ2n) is 6.19. The number of hydrogen-bond donors (Lipinski definition) is 2. The van der Waals surface area contributed by atoms with Gasteiger partial charge in [0.2, 0.25) is 0 Å². The highest BCUT2D eigenvalue weighted by Crippen LogP contribution is 2.32. The van der Waals surface area contributed by atoms with Crippen LogP contribution >= 0.6 is 11.3 Å². The van der Waals surface area contributed by atoms with E-state index in [1.54, 1.807) is 18.2 Å². The van der Waals surface area contributed by atoms with Gasteiger partial charge in [-0.2, -0.15) is 0 Å². The number of amides is 1. The van der Waals surface area contributed by atoms with Crippen LogP contribution in [0.2, 0.25) is 0 Å². The van der Waals surface area contributed by atoms with Crippen LogP contribution in [-0.2, 0) is 0 Å². The number of para-hydroxylation sites is 1. The molecule has 1 aromatic carbocycles. The molecule has 0 radical (unpaired) electrons. The molecule has 5 nitrogen and oxygen atoms in total. The van der Waals surface area contributed by atoms with E-state index in [9.17, 15) is 9.59 Å². The molecule has 1 aliphatic rings. The highest BCUT2D eigenvalue weighted by atomic mass is 32.1. The fourth-order valence-electron chi connectivity index (χ4n) is 3.27. The smallest absolute Gasteiger partial charge is 0.362 e. The standard InChI is InChI=1S/C19H18N2O3S/c22-18(15-10-5-11-25-15)21-17-16(20-12-6-1-2-7-12)13-8-3-4-9-14(13)24-19(17)23/h3-5,8-12,20H,1-2,6-7H2,(H,21,22).